The third-order valence-electron chi connectivity index (χ3n) is 4.14. The lowest BCUT2D eigenvalue weighted by Gasteiger charge is -2.29. The molecule has 1 rings (SSSR count). The third kappa shape index (κ3) is 7.36. The Bertz CT molecular complexity index is 519. The van der Waals surface area contributed by atoms with E-state index in [9.17, 15) is 4.79 Å². The molecule has 0 aliphatic carbocycles. The molecule has 0 saturated carbocycles. The Morgan fingerprint density at radius 3 is 1.89 bits per heavy atom. The van der Waals surface area contributed by atoms with Crippen LogP contribution in [0.4, 0.5) is 0 Å². The van der Waals surface area contributed by atoms with Crippen LogP contribution in [0.3, 0.4) is 0 Å². The average Bonchev–Trinajstić information content (AvgIpc) is 2.68. The Morgan fingerprint density at radius 1 is 0.963 bits per heavy atom. The SMILES string of the molecule is CCOCCN(CCOCC)C(CC)C(=O)Oc1c(OC)cccc1OC. The van der Waals surface area contributed by atoms with Crippen LogP contribution in [-0.4, -0.2) is 70.6 Å². The topological polar surface area (TPSA) is 66.5 Å². The maximum Gasteiger partial charge on any atom is 0.329 e. The van der Waals surface area contributed by atoms with Crippen molar-refractivity contribution in [1.82, 2.24) is 4.90 Å². The van der Waals surface area contributed by atoms with E-state index < -0.39 is 6.04 Å². The lowest BCUT2D eigenvalue weighted by Crippen LogP contribution is -2.46. The molecule has 0 fully saturated rings. The van der Waals surface area contributed by atoms with Gasteiger partial charge < -0.3 is 23.7 Å². The van der Waals surface area contributed by atoms with Gasteiger partial charge in [-0.15, -0.1) is 0 Å². The molecular weight excluding hydrogens is 350 g/mol. The molecule has 0 spiro atoms. The van der Waals surface area contributed by atoms with Crippen LogP contribution in [0, 0.1) is 0 Å². The monoisotopic (exact) mass is 383 g/mol. The van der Waals surface area contributed by atoms with Crippen LogP contribution in [0.2, 0.25) is 0 Å². The standard InChI is InChI=1S/C20H33NO6/c1-6-16(21(12-14-25-7-2)13-15-26-8-3)20(22)27-19-17(23-4)10-9-11-18(19)24-5/h9-11,16H,6-8,12-15H2,1-5H3. The minimum Gasteiger partial charge on any atom is -0.493 e. The maximum atomic E-state index is 12.9. The summed E-state index contributed by atoms with van der Waals surface area (Å²) >= 11 is 0. The lowest BCUT2D eigenvalue weighted by atomic mass is 10.2. The van der Waals surface area contributed by atoms with Crippen molar-refractivity contribution in [3.05, 3.63) is 18.2 Å². The van der Waals surface area contributed by atoms with Crippen molar-refractivity contribution >= 4 is 5.97 Å². The molecule has 1 aromatic carbocycles. The Hall–Kier alpha value is -1.83. The summed E-state index contributed by atoms with van der Waals surface area (Å²) in [5.74, 6) is 0.842. The summed E-state index contributed by atoms with van der Waals surface area (Å²) in [6.07, 6.45) is 0.606. The van der Waals surface area contributed by atoms with E-state index in [2.05, 4.69) is 0 Å². The van der Waals surface area contributed by atoms with Crippen LogP contribution in [0.25, 0.3) is 0 Å². The molecule has 27 heavy (non-hydrogen) atoms. The highest BCUT2D eigenvalue weighted by atomic mass is 16.6. The van der Waals surface area contributed by atoms with Gasteiger partial charge in [-0.2, -0.15) is 0 Å². The number of rotatable bonds is 14. The van der Waals surface area contributed by atoms with Gasteiger partial charge in [-0.05, 0) is 32.4 Å². The summed E-state index contributed by atoms with van der Waals surface area (Å²) in [5.41, 5.74) is 0. The zero-order valence-electron chi connectivity index (χ0n) is 17.2. The normalized spacial score (nSPS) is 12.1. The first-order valence-corrected chi connectivity index (χ1v) is 9.44. The Balaban J connectivity index is 2.93. The highest BCUT2D eigenvalue weighted by Crippen LogP contribution is 2.37. The number of methoxy groups -OCH3 is 2. The van der Waals surface area contributed by atoms with Crippen molar-refractivity contribution in [2.24, 2.45) is 0 Å². The van der Waals surface area contributed by atoms with Crippen molar-refractivity contribution in [3.8, 4) is 17.2 Å². The fraction of sp³-hybridized carbons (Fsp3) is 0.650. The fourth-order valence-electron chi connectivity index (χ4n) is 2.74. The van der Waals surface area contributed by atoms with Crippen LogP contribution >= 0.6 is 0 Å². The van der Waals surface area contributed by atoms with E-state index in [0.29, 0.717) is 63.2 Å². The van der Waals surface area contributed by atoms with Gasteiger partial charge in [0.1, 0.15) is 6.04 Å². The third-order valence-corrected chi connectivity index (χ3v) is 4.14. The first-order chi connectivity index (χ1) is 13.1. The van der Waals surface area contributed by atoms with E-state index >= 15 is 0 Å². The molecule has 154 valence electrons. The van der Waals surface area contributed by atoms with E-state index in [0.717, 1.165) is 0 Å². The highest BCUT2D eigenvalue weighted by molar-refractivity contribution is 5.79. The van der Waals surface area contributed by atoms with Crippen LogP contribution in [0.15, 0.2) is 18.2 Å². The van der Waals surface area contributed by atoms with E-state index in [1.54, 1.807) is 18.2 Å². The second-order valence-electron chi connectivity index (χ2n) is 5.77. The summed E-state index contributed by atoms with van der Waals surface area (Å²) in [6.45, 7) is 9.47. The van der Waals surface area contributed by atoms with E-state index in [-0.39, 0.29) is 5.97 Å². The molecule has 0 amide bonds. The van der Waals surface area contributed by atoms with E-state index in [4.69, 9.17) is 23.7 Å². The summed E-state index contributed by atoms with van der Waals surface area (Å²) in [5, 5.41) is 0. The predicted octanol–water partition coefficient (Wildman–Crippen LogP) is 2.76. The molecule has 0 N–H and O–H groups in total. The quantitative estimate of drug-likeness (QED) is 0.278. The summed E-state index contributed by atoms with van der Waals surface area (Å²) in [4.78, 5) is 15.0. The predicted molar refractivity (Wildman–Crippen MR) is 104 cm³/mol. The number of esters is 1. The van der Waals surface area contributed by atoms with Gasteiger partial charge in [0, 0.05) is 26.3 Å². The number of para-hydroxylation sites is 1. The molecule has 1 unspecified atom stereocenters. The lowest BCUT2D eigenvalue weighted by molar-refractivity contribution is -0.141. The van der Waals surface area contributed by atoms with Crippen LogP contribution in [-0.2, 0) is 14.3 Å². The van der Waals surface area contributed by atoms with Crippen molar-refractivity contribution in [2.75, 3.05) is 53.7 Å². The summed E-state index contributed by atoms with van der Waals surface area (Å²) in [7, 11) is 3.06. The number of carbonyl (C=O) groups excluding carboxylic acids is 1. The average molecular weight is 383 g/mol. The van der Waals surface area contributed by atoms with Gasteiger partial charge in [-0.1, -0.05) is 13.0 Å². The Kier molecular flexibility index (Phi) is 11.5. The highest BCUT2D eigenvalue weighted by Gasteiger charge is 2.28. The molecule has 0 aliphatic rings. The van der Waals surface area contributed by atoms with Gasteiger partial charge in [0.2, 0.25) is 5.75 Å². The van der Waals surface area contributed by atoms with Gasteiger partial charge in [0.15, 0.2) is 11.5 Å². The van der Waals surface area contributed by atoms with Gasteiger partial charge >= 0.3 is 5.97 Å². The first-order valence-electron chi connectivity index (χ1n) is 9.44. The molecule has 0 aromatic heterocycles. The number of ether oxygens (including phenoxy) is 5. The Labute approximate surface area is 162 Å². The smallest absolute Gasteiger partial charge is 0.329 e. The minimum absolute atomic E-state index is 0.292. The zero-order chi connectivity index (χ0) is 20.1. The number of nitrogens with zero attached hydrogens (tertiary/aromatic N) is 1. The number of hydrogen-bond donors (Lipinski definition) is 0. The Morgan fingerprint density at radius 2 is 1.48 bits per heavy atom. The molecule has 0 bridgehead atoms. The fourth-order valence-corrected chi connectivity index (χ4v) is 2.74. The second kappa shape index (κ2) is 13.4. The molecule has 1 atom stereocenters. The minimum atomic E-state index is -0.416. The van der Waals surface area contributed by atoms with Crippen LogP contribution in [0.5, 0.6) is 17.2 Å². The number of carbonyl (C=O) groups is 1. The largest absolute Gasteiger partial charge is 0.493 e. The van der Waals surface area contributed by atoms with E-state index in [1.165, 1.54) is 14.2 Å². The van der Waals surface area contributed by atoms with E-state index in [1.807, 2.05) is 25.7 Å². The van der Waals surface area contributed by atoms with Gasteiger partial charge in [0.05, 0.1) is 27.4 Å². The molecule has 7 nitrogen and oxygen atoms in total. The summed E-state index contributed by atoms with van der Waals surface area (Å²) in [6, 6.07) is 4.82. The zero-order valence-corrected chi connectivity index (χ0v) is 17.2. The van der Waals surface area contributed by atoms with Crippen molar-refractivity contribution in [2.45, 2.75) is 33.2 Å². The molecule has 0 heterocycles. The molecule has 1 aromatic rings. The van der Waals surface area contributed by atoms with Crippen molar-refractivity contribution in [1.29, 1.82) is 0 Å². The first kappa shape index (κ1) is 23.2. The van der Waals surface area contributed by atoms with Crippen LogP contribution < -0.4 is 14.2 Å². The number of hydrogen-bond acceptors (Lipinski definition) is 7. The van der Waals surface area contributed by atoms with Crippen molar-refractivity contribution < 1.29 is 28.5 Å². The number of benzene rings is 1. The summed E-state index contributed by atoms with van der Waals surface area (Å²) < 4.78 is 27.2. The molecule has 0 radical (unpaired) electrons. The molecule has 7 heteroatoms. The van der Waals surface area contributed by atoms with Gasteiger partial charge in [-0.25, -0.2) is 4.79 Å². The molecule has 0 saturated heterocycles. The second-order valence-corrected chi connectivity index (χ2v) is 5.77. The van der Waals surface area contributed by atoms with Crippen molar-refractivity contribution in [3.63, 3.8) is 0 Å². The van der Waals surface area contributed by atoms with Gasteiger partial charge in [-0.3, -0.25) is 4.90 Å². The molecule has 0 aliphatic heterocycles. The van der Waals surface area contributed by atoms with Crippen LogP contribution in [0.1, 0.15) is 27.2 Å². The molecular formula is C20H33NO6. The van der Waals surface area contributed by atoms with Gasteiger partial charge in [0.25, 0.3) is 0 Å². The maximum absolute atomic E-state index is 12.9.